The highest BCUT2D eigenvalue weighted by Gasteiger charge is 2.27. The summed E-state index contributed by atoms with van der Waals surface area (Å²) in [7, 11) is -7.52. The molecule has 0 aliphatic carbocycles. The molecule has 140 valence electrons. The fourth-order valence-corrected chi connectivity index (χ4v) is 5.90. The first kappa shape index (κ1) is 18.9. The lowest BCUT2D eigenvalue weighted by Crippen LogP contribution is -2.31. The molecule has 0 radical (unpaired) electrons. The van der Waals surface area contributed by atoms with Gasteiger partial charge < -0.3 is 4.90 Å². The summed E-state index contributed by atoms with van der Waals surface area (Å²) in [5.41, 5.74) is 1.13. The van der Waals surface area contributed by atoms with Crippen LogP contribution in [0.25, 0.3) is 0 Å². The van der Waals surface area contributed by atoms with Crippen LogP contribution >= 0.6 is 0 Å². The third-order valence-corrected chi connectivity index (χ3v) is 7.27. The molecule has 0 amide bonds. The Labute approximate surface area is 154 Å². The van der Waals surface area contributed by atoms with Crippen LogP contribution < -0.4 is 9.62 Å². The van der Waals surface area contributed by atoms with Gasteiger partial charge in [-0.3, -0.25) is 0 Å². The number of sulfonamides is 1. The van der Waals surface area contributed by atoms with E-state index < -0.39 is 19.9 Å². The van der Waals surface area contributed by atoms with Crippen LogP contribution in [0.3, 0.4) is 0 Å². The van der Waals surface area contributed by atoms with Gasteiger partial charge in [-0.15, -0.1) is 0 Å². The molecule has 1 fully saturated rings. The maximum absolute atomic E-state index is 12.6. The van der Waals surface area contributed by atoms with E-state index in [-0.39, 0.29) is 22.3 Å². The lowest BCUT2D eigenvalue weighted by Gasteiger charge is -2.19. The number of hydrogen-bond donors (Lipinski definition) is 1. The zero-order valence-corrected chi connectivity index (χ0v) is 16.1. The van der Waals surface area contributed by atoms with Crippen LogP contribution in [-0.2, 0) is 19.9 Å². The van der Waals surface area contributed by atoms with Gasteiger partial charge in [0.15, 0.2) is 9.84 Å². The van der Waals surface area contributed by atoms with Gasteiger partial charge in [0.05, 0.1) is 4.90 Å². The molecule has 1 N–H and O–H groups in total. The van der Waals surface area contributed by atoms with Crippen LogP contribution in [0.5, 0.6) is 0 Å². The molecule has 2 aromatic rings. The van der Waals surface area contributed by atoms with E-state index in [2.05, 4.69) is 9.62 Å². The summed E-state index contributed by atoms with van der Waals surface area (Å²) < 4.78 is 51.5. The highest BCUT2D eigenvalue weighted by Crippen LogP contribution is 2.24. The number of para-hydroxylation sites is 1. The summed E-state index contributed by atoms with van der Waals surface area (Å²) in [5.74, 6) is 0.176. The Morgan fingerprint density at radius 2 is 1.58 bits per heavy atom. The summed E-state index contributed by atoms with van der Waals surface area (Å²) in [6.45, 7) is 1.92. The Morgan fingerprint density at radius 3 is 2.23 bits per heavy atom. The van der Waals surface area contributed by atoms with Crippen LogP contribution in [0.2, 0.25) is 0 Å². The summed E-state index contributed by atoms with van der Waals surface area (Å²) in [6.07, 6.45) is 1.89. The number of nitrogens with zero attached hydrogens (tertiary/aromatic N) is 1. The van der Waals surface area contributed by atoms with Gasteiger partial charge in [0, 0.05) is 31.6 Å². The molecule has 2 aromatic carbocycles. The molecule has 0 saturated carbocycles. The van der Waals surface area contributed by atoms with E-state index in [1.165, 1.54) is 24.3 Å². The number of hydrogen-bond acceptors (Lipinski definition) is 5. The molecule has 6 nitrogen and oxygen atoms in total. The highest BCUT2D eigenvalue weighted by molar-refractivity contribution is 7.93. The molecule has 1 atom stereocenters. The van der Waals surface area contributed by atoms with Gasteiger partial charge in [-0.25, -0.2) is 21.6 Å². The molecule has 1 heterocycles. The minimum atomic E-state index is -3.89. The van der Waals surface area contributed by atoms with Crippen molar-refractivity contribution in [3.63, 3.8) is 0 Å². The van der Waals surface area contributed by atoms with Crippen molar-refractivity contribution in [1.29, 1.82) is 0 Å². The molecule has 1 unspecified atom stereocenters. The Kier molecular flexibility index (Phi) is 5.36. The first-order valence-electron chi connectivity index (χ1n) is 8.36. The van der Waals surface area contributed by atoms with E-state index in [0.717, 1.165) is 31.5 Å². The quantitative estimate of drug-likeness (QED) is 0.809. The summed E-state index contributed by atoms with van der Waals surface area (Å²) >= 11 is 0. The molecule has 0 bridgehead atoms. The average Bonchev–Trinajstić information content (AvgIpc) is 3.09. The Balaban J connectivity index is 1.69. The second-order valence-electron chi connectivity index (χ2n) is 6.51. The monoisotopic (exact) mass is 394 g/mol. The third kappa shape index (κ3) is 4.25. The van der Waals surface area contributed by atoms with E-state index in [1.807, 2.05) is 30.3 Å². The van der Waals surface area contributed by atoms with Gasteiger partial charge in [-0.05, 0) is 36.6 Å². The van der Waals surface area contributed by atoms with E-state index in [1.54, 1.807) is 0 Å². The first-order valence-corrected chi connectivity index (χ1v) is 11.7. The number of benzene rings is 2. The van der Waals surface area contributed by atoms with Crippen molar-refractivity contribution in [3.8, 4) is 0 Å². The molecule has 26 heavy (non-hydrogen) atoms. The normalized spacial score (nSPS) is 18.2. The van der Waals surface area contributed by atoms with E-state index in [4.69, 9.17) is 0 Å². The summed E-state index contributed by atoms with van der Waals surface area (Å²) in [4.78, 5) is 1.86. The Hall–Kier alpha value is -1.90. The molecular weight excluding hydrogens is 372 g/mol. The maximum Gasteiger partial charge on any atom is 0.241 e. The molecule has 3 rings (SSSR count). The lowest BCUT2D eigenvalue weighted by atomic mass is 10.1. The molecule has 0 aromatic heterocycles. The molecule has 0 spiro atoms. The molecule has 1 aliphatic heterocycles. The molecular formula is C18H22N2O4S2. The van der Waals surface area contributed by atoms with Crippen LogP contribution in [0.4, 0.5) is 5.69 Å². The molecule has 8 heteroatoms. The van der Waals surface area contributed by atoms with Crippen molar-refractivity contribution in [1.82, 2.24) is 4.72 Å². The van der Waals surface area contributed by atoms with Crippen LogP contribution in [-0.4, -0.2) is 42.7 Å². The van der Waals surface area contributed by atoms with Crippen LogP contribution in [0.15, 0.2) is 64.4 Å². The van der Waals surface area contributed by atoms with Crippen LogP contribution in [0.1, 0.15) is 6.42 Å². The first-order chi connectivity index (χ1) is 12.3. The zero-order valence-electron chi connectivity index (χ0n) is 14.5. The largest absolute Gasteiger partial charge is 0.371 e. The predicted octanol–water partition coefficient (Wildman–Crippen LogP) is 1.89. The Morgan fingerprint density at radius 1 is 0.962 bits per heavy atom. The zero-order chi connectivity index (χ0) is 18.8. The van der Waals surface area contributed by atoms with Gasteiger partial charge >= 0.3 is 0 Å². The van der Waals surface area contributed by atoms with Gasteiger partial charge in [-0.1, -0.05) is 30.3 Å². The number of anilines is 1. The number of nitrogens with one attached hydrogen (secondary N) is 1. The number of rotatable bonds is 6. The fourth-order valence-electron chi connectivity index (χ4n) is 3.16. The minimum Gasteiger partial charge on any atom is -0.371 e. The standard InChI is InChI=1S/C18H22N2O4S2/c1-25(21,22)17-9-5-6-10-18(17)26(23,24)19-13-15-11-12-20(14-15)16-7-3-2-4-8-16/h2-10,15,19H,11-14H2,1H3. The predicted molar refractivity (Wildman–Crippen MR) is 102 cm³/mol. The summed E-state index contributed by atoms with van der Waals surface area (Å²) in [5, 5.41) is 0. The van der Waals surface area contributed by atoms with Gasteiger partial charge in [0.25, 0.3) is 0 Å². The fraction of sp³-hybridized carbons (Fsp3) is 0.333. The minimum absolute atomic E-state index is 0.176. The molecule has 1 aliphatic rings. The van der Waals surface area contributed by atoms with E-state index >= 15 is 0 Å². The van der Waals surface area contributed by atoms with Crippen LogP contribution in [0, 0.1) is 5.92 Å². The SMILES string of the molecule is CS(=O)(=O)c1ccccc1S(=O)(=O)NCC1CCN(c2ccccc2)C1. The van der Waals surface area contributed by atoms with Gasteiger partial charge in [0.2, 0.25) is 10.0 Å². The van der Waals surface area contributed by atoms with Gasteiger partial charge in [0.1, 0.15) is 4.90 Å². The Bertz CT molecular complexity index is 973. The van der Waals surface area contributed by atoms with Crippen molar-refractivity contribution >= 4 is 25.5 Å². The van der Waals surface area contributed by atoms with Crippen molar-refractivity contribution in [2.45, 2.75) is 16.2 Å². The van der Waals surface area contributed by atoms with Gasteiger partial charge in [-0.2, -0.15) is 0 Å². The van der Waals surface area contributed by atoms with Crippen molar-refractivity contribution in [2.75, 3.05) is 30.8 Å². The van der Waals surface area contributed by atoms with Crippen molar-refractivity contribution in [3.05, 3.63) is 54.6 Å². The second-order valence-corrected chi connectivity index (χ2v) is 10.2. The highest BCUT2D eigenvalue weighted by atomic mass is 32.2. The topological polar surface area (TPSA) is 83.5 Å². The van der Waals surface area contributed by atoms with Crippen molar-refractivity contribution < 1.29 is 16.8 Å². The lowest BCUT2D eigenvalue weighted by molar-refractivity contribution is 0.539. The van der Waals surface area contributed by atoms with E-state index in [0.29, 0.717) is 0 Å². The third-order valence-electron chi connectivity index (χ3n) is 4.51. The summed E-state index contributed by atoms with van der Waals surface area (Å²) in [6, 6.07) is 15.7. The molecule has 1 saturated heterocycles. The second kappa shape index (κ2) is 7.38. The van der Waals surface area contributed by atoms with E-state index in [9.17, 15) is 16.8 Å². The average molecular weight is 395 g/mol. The maximum atomic E-state index is 12.6. The smallest absolute Gasteiger partial charge is 0.241 e. The number of sulfone groups is 1. The van der Waals surface area contributed by atoms with Crippen molar-refractivity contribution in [2.24, 2.45) is 5.92 Å².